The number of carbonyl (C=O) groups excluding carboxylic acids is 5. The Morgan fingerprint density at radius 2 is 1.46 bits per heavy atom. The van der Waals surface area contributed by atoms with E-state index in [2.05, 4.69) is 69.5 Å². The first-order valence-electron chi connectivity index (χ1n) is 24.1. The summed E-state index contributed by atoms with van der Waals surface area (Å²) >= 11 is 0. The fourth-order valence-corrected chi connectivity index (χ4v) is 10.8. The smallest absolute Gasteiger partial charge is 0.405 e. The van der Waals surface area contributed by atoms with Crippen molar-refractivity contribution < 1.29 is 38.4 Å². The number of Topliss-reactive ketones (excluding diaryl/α,β-unsaturated/α-hetero) is 2. The van der Waals surface area contributed by atoms with Gasteiger partial charge in [-0.05, 0) is 111 Å². The molecule has 2 bridgehead atoms. The van der Waals surface area contributed by atoms with Gasteiger partial charge in [-0.1, -0.05) is 104 Å². The van der Waals surface area contributed by atoms with Crippen molar-refractivity contribution in [2.45, 2.75) is 175 Å². The quantitative estimate of drug-likeness (QED) is 0.0841. The summed E-state index contributed by atoms with van der Waals surface area (Å²) in [4.78, 5) is 69.7. The van der Waals surface area contributed by atoms with E-state index in [1.54, 1.807) is 11.8 Å². The number of nitrogens with zero attached hydrogens (tertiary/aromatic N) is 1. The third kappa shape index (κ3) is 11.2. The molecule has 63 heavy (non-hydrogen) atoms. The zero-order valence-electron chi connectivity index (χ0n) is 39.3. The lowest BCUT2D eigenvalue weighted by molar-refractivity contribution is -0.199. The first kappa shape index (κ1) is 48.6. The molecule has 2 aromatic rings. The average Bonchev–Trinajstić information content (AvgIpc) is 3.64. The normalized spacial score (nSPS) is 25.2. The predicted octanol–water partition coefficient (Wildman–Crippen LogP) is 8.15. The van der Waals surface area contributed by atoms with Crippen LogP contribution in [-0.4, -0.2) is 89.4 Å². The molecule has 9 atom stereocenters. The molecule has 2 aromatic carbocycles. The van der Waals surface area contributed by atoms with Crippen molar-refractivity contribution in [2.75, 3.05) is 13.1 Å². The van der Waals surface area contributed by atoms with E-state index in [0.29, 0.717) is 49.8 Å². The Balaban J connectivity index is 0.966. The zero-order chi connectivity index (χ0) is 45.6. The molecular formula is C51H74BN3O8. The van der Waals surface area contributed by atoms with E-state index in [1.165, 1.54) is 18.9 Å². The van der Waals surface area contributed by atoms with Gasteiger partial charge in [0.15, 0.2) is 11.6 Å². The molecule has 7 rings (SSSR count). The molecule has 3 saturated carbocycles. The minimum absolute atomic E-state index is 0.0216. The number of amides is 3. The third-order valence-corrected chi connectivity index (χ3v) is 15.2. The molecule has 3 amide bonds. The van der Waals surface area contributed by atoms with Crippen molar-refractivity contribution in [3.63, 3.8) is 0 Å². The van der Waals surface area contributed by atoms with Gasteiger partial charge in [0, 0.05) is 43.3 Å². The number of aliphatic hydroxyl groups is 1. The molecule has 11 nitrogen and oxygen atoms in total. The van der Waals surface area contributed by atoms with E-state index < -0.39 is 48.8 Å². The lowest BCUT2D eigenvalue weighted by Gasteiger charge is -2.64. The maximum Gasteiger partial charge on any atom is 0.461 e. The number of likely N-dealkylation sites (tertiary alicyclic amines) is 1. The standard InChI is InChI=1S/C51H74BN3O8/c1-9-11-13-15-41(42(57)29-33(4)52-62-45-31-40-30-44(50(40,6)7)51(45,8)63-52)53-47(59)32(3)28-43(58)46(34(5)56)54-48(60)38-24-26-55(27-25-38)49(61)39-22-20-37(21-23-39)36-18-16-35(17-19-36)14-12-10-2/h16-23,32-34,38,40-41,44-46,56H,9-15,24-31H2,1-8H3,(H,53,59)(H,54,60)/t32-,33-,34-,40+,41+,44+,45?,46+,51+/m1/s1. The van der Waals surface area contributed by atoms with Crippen LogP contribution in [0.3, 0.4) is 0 Å². The van der Waals surface area contributed by atoms with Gasteiger partial charge in [0.2, 0.25) is 11.8 Å². The maximum absolute atomic E-state index is 13.9. The number of benzene rings is 2. The van der Waals surface area contributed by atoms with Crippen LogP contribution in [0.1, 0.15) is 148 Å². The van der Waals surface area contributed by atoms with Crippen LogP contribution in [0.15, 0.2) is 48.5 Å². The van der Waals surface area contributed by atoms with Gasteiger partial charge < -0.3 is 29.9 Å². The molecule has 0 spiro atoms. The summed E-state index contributed by atoms with van der Waals surface area (Å²) in [5.74, 6) is -1.80. The van der Waals surface area contributed by atoms with Crippen molar-refractivity contribution in [3.8, 4) is 11.1 Å². The van der Waals surface area contributed by atoms with Gasteiger partial charge in [-0.3, -0.25) is 24.0 Å². The Labute approximate surface area is 376 Å². The summed E-state index contributed by atoms with van der Waals surface area (Å²) < 4.78 is 13.1. The van der Waals surface area contributed by atoms with Crippen LogP contribution < -0.4 is 10.6 Å². The highest BCUT2D eigenvalue weighted by atomic mass is 16.7. The lowest BCUT2D eigenvalue weighted by atomic mass is 9.43. The van der Waals surface area contributed by atoms with Gasteiger partial charge >= 0.3 is 7.12 Å². The second-order valence-corrected chi connectivity index (χ2v) is 20.3. The molecular weight excluding hydrogens is 793 g/mol. The molecule has 344 valence electrons. The molecule has 0 radical (unpaired) electrons. The summed E-state index contributed by atoms with van der Waals surface area (Å²) in [6.45, 7) is 16.9. The number of piperidine rings is 1. The van der Waals surface area contributed by atoms with E-state index in [0.717, 1.165) is 56.1 Å². The molecule has 3 N–H and O–H groups in total. The molecule has 3 aliphatic carbocycles. The van der Waals surface area contributed by atoms with E-state index in [4.69, 9.17) is 9.31 Å². The summed E-state index contributed by atoms with van der Waals surface area (Å²) in [5.41, 5.74) is 3.90. The number of rotatable bonds is 21. The van der Waals surface area contributed by atoms with E-state index in [1.807, 2.05) is 31.2 Å². The van der Waals surface area contributed by atoms with Gasteiger partial charge in [-0.2, -0.15) is 0 Å². The SMILES string of the molecule is CCCCC[C@H](NC(=O)[C@H](C)CC(=O)[C@@H](NC(=O)C1CCN(C(=O)c2ccc(-c3ccc(CCCC)cc3)cc2)CC1)[C@@H](C)O)C(=O)C[C@@H](C)B1OC2C[C@@H]3C[C@@H](C3(C)C)[C@]2(C)O1. The highest BCUT2D eigenvalue weighted by Gasteiger charge is 2.68. The van der Waals surface area contributed by atoms with Crippen LogP contribution >= 0.6 is 0 Å². The van der Waals surface area contributed by atoms with Crippen LogP contribution in [0.5, 0.6) is 0 Å². The van der Waals surface area contributed by atoms with E-state index >= 15 is 0 Å². The summed E-state index contributed by atoms with van der Waals surface area (Å²) in [6.07, 6.45) is 8.32. The Hall–Kier alpha value is -3.87. The lowest BCUT2D eigenvalue weighted by Crippen LogP contribution is -2.65. The third-order valence-electron chi connectivity index (χ3n) is 15.2. The van der Waals surface area contributed by atoms with Crippen molar-refractivity contribution >= 4 is 36.4 Å². The van der Waals surface area contributed by atoms with E-state index in [-0.39, 0.29) is 53.4 Å². The second kappa shape index (κ2) is 21.0. The highest BCUT2D eigenvalue weighted by molar-refractivity contribution is 6.47. The Bertz CT molecular complexity index is 1910. The van der Waals surface area contributed by atoms with Crippen LogP contribution in [0, 0.1) is 29.1 Å². The number of ketones is 2. The topological polar surface area (TPSA) is 151 Å². The maximum atomic E-state index is 13.9. The predicted molar refractivity (Wildman–Crippen MR) is 247 cm³/mol. The van der Waals surface area contributed by atoms with Gasteiger partial charge in [0.05, 0.1) is 23.9 Å². The van der Waals surface area contributed by atoms with Crippen LogP contribution in [-0.2, 0) is 34.9 Å². The summed E-state index contributed by atoms with van der Waals surface area (Å²) in [7, 11) is -0.488. The fourth-order valence-electron chi connectivity index (χ4n) is 10.8. The highest BCUT2D eigenvalue weighted by Crippen LogP contribution is 2.66. The first-order valence-corrected chi connectivity index (χ1v) is 24.1. The number of aryl methyl sites for hydroxylation is 1. The van der Waals surface area contributed by atoms with Crippen molar-refractivity contribution in [1.29, 1.82) is 0 Å². The Kier molecular flexibility index (Phi) is 16.2. The Morgan fingerprint density at radius 1 is 0.825 bits per heavy atom. The molecule has 2 aliphatic heterocycles. The van der Waals surface area contributed by atoms with Gasteiger partial charge in [0.25, 0.3) is 5.91 Å². The monoisotopic (exact) mass is 868 g/mol. The molecule has 12 heteroatoms. The zero-order valence-corrected chi connectivity index (χ0v) is 39.3. The molecule has 5 fully saturated rings. The van der Waals surface area contributed by atoms with Crippen LogP contribution in [0.2, 0.25) is 5.82 Å². The number of unbranched alkanes of at least 4 members (excludes halogenated alkanes) is 3. The van der Waals surface area contributed by atoms with Crippen molar-refractivity contribution in [1.82, 2.24) is 15.5 Å². The minimum atomic E-state index is -1.20. The first-order chi connectivity index (χ1) is 30.0. The number of aliphatic hydroxyl groups excluding tert-OH is 1. The van der Waals surface area contributed by atoms with Crippen LogP contribution in [0.25, 0.3) is 11.1 Å². The Morgan fingerprint density at radius 3 is 2.06 bits per heavy atom. The molecule has 1 unspecified atom stereocenters. The average molecular weight is 868 g/mol. The van der Waals surface area contributed by atoms with Gasteiger partial charge in [0.1, 0.15) is 6.04 Å². The second-order valence-electron chi connectivity index (χ2n) is 20.3. The van der Waals surface area contributed by atoms with Gasteiger partial charge in [-0.15, -0.1) is 0 Å². The van der Waals surface area contributed by atoms with Crippen molar-refractivity contribution in [2.24, 2.45) is 29.1 Å². The summed E-state index contributed by atoms with van der Waals surface area (Å²) in [6, 6.07) is 14.3. The van der Waals surface area contributed by atoms with Gasteiger partial charge in [-0.25, -0.2) is 0 Å². The number of carbonyl (C=O) groups is 5. The minimum Gasteiger partial charge on any atom is -0.405 e. The molecule has 5 aliphatic rings. The molecule has 2 saturated heterocycles. The van der Waals surface area contributed by atoms with E-state index in [9.17, 15) is 29.1 Å². The number of hydrogen-bond donors (Lipinski definition) is 3. The summed E-state index contributed by atoms with van der Waals surface area (Å²) in [5, 5.41) is 16.4. The van der Waals surface area contributed by atoms with Crippen molar-refractivity contribution in [3.05, 3.63) is 59.7 Å². The molecule has 2 heterocycles. The largest absolute Gasteiger partial charge is 0.461 e. The number of nitrogens with one attached hydrogen (secondary N) is 2. The number of hydrogen-bond acceptors (Lipinski definition) is 8. The molecule has 0 aromatic heterocycles. The fraction of sp³-hybridized carbons (Fsp3) is 0.667. The van der Waals surface area contributed by atoms with Crippen LogP contribution in [0.4, 0.5) is 0 Å².